The van der Waals surface area contributed by atoms with E-state index in [0.717, 1.165) is 26.0 Å². The summed E-state index contributed by atoms with van der Waals surface area (Å²) in [4.78, 5) is 18.0. The summed E-state index contributed by atoms with van der Waals surface area (Å²) in [6.45, 7) is 0.503. The molecule has 0 aliphatic rings. The van der Waals surface area contributed by atoms with E-state index in [1.165, 1.54) is 4.68 Å². The maximum Gasteiger partial charge on any atom is 0.282 e. The molecular weight excluding hydrogens is 537 g/mol. The highest BCUT2D eigenvalue weighted by atomic mass is 127. The molecule has 0 atom stereocenters. The van der Waals surface area contributed by atoms with Gasteiger partial charge in [0.05, 0.1) is 20.7 Å². The summed E-state index contributed by atoms with van der Waals surface area (Å²) in [6, 6.07) is 32.8. The molecule has 6 heteroatoms. The largest absolute Gasteiger partial charge is 0.488 e. The van der Waals surface area contributed by atoms with E-state index >= 15 is 0 Å². The summed E-state index contributed by atoms with van der Waals surface area (Å²) in [7, 11) is 0. The van der Waals surface area contributed by atoms with Crippen molar-refractivity contribution in [3.63, 3.8) is 0 Å². The zero-order valence-corrected chi connectivity index (χ0v) is 20.3. The predicted octanol–water partition coefficient (Wildman–Crippen LogP) is 6.13. The van der Waals surface area contributed by atoms with Gasteiger partial charge in [0.25, 0.3) is 5.56 Å². The molecule has 0 aliphatic heterocycles. The second kappa shape index (κ2) is 10.0. The van der Waals surface area contributed by atoms with Crippen molar-refractivity contribution in [2.75, 3.05) is 0 Å². The van der Waals surface area contributed by atoms with Gasteiger partial charge in [-0.05, 0) is 64.0 Å². The number of halogens is 1. The van der Waals surface area contributed by atoms with E-state index < -0.39 is 0 Å². The van der Waals surface area contributed by atoms with E-state index in [2.05, 4.69) is 27.7 Å². The van der Waals surface area contributed by atoms with Gasteiger partial charge in [0.2, 0.25) is 0 Å². The first-order valence-corrected chi connectivity index (χ1v) is 11.8. The Morgan fingerprint density at radius 1 is 0.882 bits per heavy atom. The fourth-order valence-corrected chi connectivity index (χ4v) is 4.27. The highest BCUT2D eigenvalue weighted by molar-refractivity contribution is 14.1. The van der Waals surface area contributed by atoms with Gasteiger partial charge in [0.1, 0.15) is 12.4 Å². The van der Waals surface area contributed by atoms with Crippen LogP contribution >= 0.6 is 22.6 Å². The number of fused-ring (bicyclic) bond motifs is 1. The molecule has 0 fully saturated rings. The van der Waals surface area contributed by atoms with Crippen LogP contribution in [0.3, 0.4) is 0 Å². The number of ether oxygens (including phenoxy) is 1. The van der Waals surface area contributed by atoms with E-state index in [-0.39, 0.29) is 5.56 Å². The molecule has 4 aromatic carbocycles. The molecule has 0 aliphatic carbocycles. The predicted molar refractivity (Wildman–Crippen MR) is 144 cm³/mol. The third-order valence-corrected chi connectivity index (χ3v) is 6.14. The summed E-state index contributed by atoms with van der Waals surface area (Å²) in [5, 5.41) is 5.07. The Morgan fingerprint density at radius 3 is 2.35 bits per heavy atom. The van der Waals surface area contributed by atoms with Crippen molar-refractivity contribution in [1.82, 2.24) is 9.66 Å². The molecule has 0 unspecified atom stereocenters. The number of nitrogens with zero attached hydrogens (tertiary/aromatic N) is 3. The first kappa shape index (κ1) is 22.0. The molecule has 0 bridgehead atoms. The van der Waals surface area contributed by atoms with Gasteiger partial charge in [-0.2, -0.15) is 9.78 Å². The molecule has 34 heavy (non-hydrogen) atoms. The number of para-hydroxylation sites is 1. The van der Waals surface area contributed by atoms with Crippen molar-refractivity contribution in [3.8, 4) is 17.1 Å². The molecule has 166 valence electrons. The van der Waals surface area contributed by atoms with Crippen molar-refractivity contribution in [1.29, 1.82) is 0 Å². The summed E-state index contributed by atoms with van der Waals surface area (Å²) in [6.07, 6.45) is 1.67. The molecule has 1 aromatic heterocycles. The first-order valence-electron chi connectivity index (χ1n) is 10.8. The topological polar surface area (TPSA) is 56.5 Å². The van der Waals surface area contributed by atoms with Crippen molar-refractivity contribution in [3.05, 3.63) is 128 Å². The van der Waals surface area contributed by atoms with Crippen LogP contribution in [0, 0.1) is 3.57 Å². The molecule has 0 saturated heterocycles. The Hall–Kier alpha value is -3.78. The van der Waals surface area contributed by atoms with Crippen molar-refractivity contribution in [2.45, 2.75) is 6.61 Å². The lowest BCUT2D eigenvalue weighted by molar-refractivity contribution is 0.304. The van der Waals surface area contributed by atoms with E-state index in [1.54, 1.807) is 12.3 Å². The van der Waals surface area contributed by atoms with Crippen LogP contribution in [0.15, 0.2) is 113 Å². The van der Waals surface area contributed by atoms with Crippen LogP contribution in [0.1, 0.15) is 11.1 Å². The average Bonchev–Trinajstić information content (AvgIpc) is 2.88. The number of hydrogen-bond acceptors (Lipinski definition) is 4. The van der Waals surface area contributed by atoms with Crippen LogP contribution in [0.2, 0.25) is 0 Å². The van der Waals surface area contributed by atoms with Crippen molar-refractivity contribution >= 4 is 39.7 Å². The lowest BCUT2D eigenvalue weighted by Crippen LogP contribution is -2.20. The van der Waals surface area contributed by atoms with Gasteiger partial charge in [-0.1, -0.05) is 72.8 Å². The zero-order valence-electron chi connectivity index (χ0n) is 18.1. The summed E-state index contributed by atoms with van der Waals surface area (Å²) in [5.74, 6) is 1.30. The van der Waals surface area contributed by atoms with Crippen LogP contribution in [-0.4, -0.2) is 15.9 Å². The minimum absolute atomic E-state index is 0.210. The second-order valence-electron chi connectivity index (χ2n) is 7.64. The highest BCUT2D eigenvalue weighted by Gasteiger charge is 2.12. The third-order valence-electron chi connectivity index (χ3n) is 5.30. The SMILES string of the molecule is O=c1c2ccccc2nc(-c2ccccc2)n1N=Cc1ccc(OCc2ccccc2)c(I)c1. The van der Waals surface area contributed by atoms with Crippen LogP contribution < -0.4 is 10.3 Å². The molecule has 0 N–H and O–H groups in total. The Morgan fingerprint density at radius 2 is 1.59 bits per heavy atom. The first-order chi connectivity index (χ1) is 16.7. The molecule has 0 amide bonds. The molecular formula is C28H20IN3O2. The van der Waals surface area contributed by atoms with Crippen LogP contribution in [-0.2, 0) is 6.61 Å². The number of rotatable bonds is 6. The zero-order chi connectivity index (χ0) is 23.3. The number of benzene rings is 4. The molecule has 5 aromatic rings. The van der Waals surface area contributed by atoms with Gasteiger partial charge < -0.3 is 4.74 Å². The summed E-state index contributed by atoms with van der Waals surface area (Å²) in [5.41, 5.74) is 3.23. The van der Waals surface area contributed by atoms with Crippen molar-refractivity contribution < 1.29 is 4.74 Å². The Kier molecular flexibility index (Phi) is 6.49. The van der Waals surface area contributed by atoms with Gasteiger partial charge in [-0.15, -0.1) is 0 Å². The second-order valence-corrected chi connectivity index (χ2v) is 8.81. The average molecular weight is 557 g/mol. The molecule has 1 heterocycles. The quantitative estimate of drug-likeness (QED) is 0.187. The fourth-order valence-electron chi connectivity index (χ4n) is 3.58. The van der Waals surface area contributed by atoms with Crippen LogP contribution in [0.4, 0.5) is 0 Å². The summed E-state index contributed by atoms with van der Waals surface area (Å²) >= 11 is 2.25. The minimum Gasteiger partial charge on any atom is -0.488 e. The van der Waals surface area contributed by atoms with Gasteiger partial charge in [0.15, 0.2) is 5.82 Å². The third kappa shape index (κ3) is 4.77. The van der Waals surface area contributed by atoms with Gasteiger partial charge in [-0.3, -0.25) is 4.79 Å². The number of hydrogen-bond donors (Lipinski definition) is 0. The smallest absolute Gasteiger partial charge is 0.282 e. The monoisotopic (exact) mass is 557 g/mol. The van der Waals surface area contributed by atoms with Crippen LogP contribution in [0.5, 0.6) is 5.75 Å². The normalized spacial score (nSPS) is 11.2. The standard InChI is InChI=1S/C28H20IN3O2/c29-24-17-21(15-16-26(24)34-19-20-9-3-1-4-10-20)18-30-32-27(22-11-5-2-6-12-22)31-25-14-8-7-13-23(25)28(32)33/h1-18H,19H2. The lowest BCUT2D eigenvalue weighted by atomic mass is 10.2. The Balaban J connectivity index is 1.47. The molecule has 0 spiro atoms. The summed E-state index contributed by atoms with van der Waals surface area (Å²) < 4.78 is 8.30. The van der Waals surface area contributed by atoms with Gasteiger partial charge >= 0.3 is 0 Å². The molecule has 5 rings (SSSR count). The Bertz CT molecular complexity index is 1530. The van der Waals surface area contributed by atoms with E-state index in [0.29, 0.717) is 23.3 Å². The van der Waals surface area contributed by atoms with Gasteiger partial charge in [-0.25, -0.2) is 4.98 Å². The maximum atomic E-state index is 13.3. The number of aromatic nitrogens is 2. The van der Waals surface area contributed by atoms with Gasteiger partial charge in [0, 0.05) is 5.56 Å². The fraction of sp³-hybridized carbons (Fsp3) is 0.0357. The Labute approximate surface area is 210 Å². The van der Waals surface area contributed by atoms with E-state index in [9.17, 15) is 4.79 Å². The lowest BCUT2D eigenvalue weighted by Gasteiger charge is -2.10. The van der Waals surface area contributed by atoms with E-state index in [4.69, 9.17) is 9.72 Å². The minimum atomic E-state index is -0.210. The van der Waals surface area contributed by atoms with Crippen LogP contribution in [0.25, 0.3) is 22.3 Å². The maximum absolute atomic E-state index is 13.3. The van der Waals surface area contributed by atoms with Crippen molar-refractivity contribution in [2.24, 2.45) is 5.10 Å². The molecule has 0 saturated carbocycles. The highest BCUT2D eigenvalue weighted by Crippen LogP contribution is 2.23. The molecule has 5 nitrogen and oxygen atoms in total. The van der Waals surface area contributed by atoms with E-state index in [1.807, 2.05) is 97.1 Å². The molecule has 0 radical (unpaired) electrons.